The van der Waals surface area contributed by atoms with Crippen molar-refractivity contribution in [3.8, 4) is 11.5 Å². The maximum atomic E-state index is 12.1. The summed E-state index contributed by atoms with van der Waals surface area (Å²) >= 11 is 0. The number of para-hydroxylation sites is 1. The van der Waals surface area contributed by atoms with Crippen LogP contribution in [0.15, 0.2) is 18.2 Å². The lowest BCUT2D eigenvalue weighted by atomic mass is 10.2. The van der Waals surface area contributed by atoms with Crippen LogP contribution in [0.2, 0.25) is 0 Å². The Bertz CT molecular complexity index is 403. The molecule has 0 atom stereocenters. The molecule has 0 spiro atoms. The Hall–Kier alpha value is -1.92. The van der Waals surface area contributed by atoms with Crippen molar-refractivity contribution >= 4 is 5.91 Å². The SMILES string of the molecule is COc1cccc(C(N)=O)c1OC(F)(F)F. The van der Waals surface area contributed by atoms with E-state index in [0.29, 0.717) is 0 Å². The molecule has 4 nitrogen and oxygen atoms in total. The van der Waals surface area contributed by atoms with Crippen molar-refractivity contribution < 1.29 is 27.4 Å². The van der Waals surface area contributed by atoms with Crippen LogP contribution in [0.5, 0.6) is 11.5 Å². The van der Waals surface area contributed by atoms with E-state index in [1.54, 1.807) is 0 Å². The van der Waals surface area contributed by atoms with Crippen LogP contribution in [0.1, 0.15) is 10.4 Å². The number of carbonyl (C=O) groups is 1. The lowest BCUT2D eigenvalue weighted by molar-refractivity contribution is -0.275. The van der Waals surface area contributed by atoms with Crippen LogP contribution in [0.4, 0.5) is 13.2 Å². The highest BCUT2D eigenvalue weighted by molar-refractivity contribution is 5.96. The zero-order valence-electron chi connectivity index (χ0n) is 8.17. The first-order chi connectivity index (χ1) is 7.35. The number of hydrogen-bond donors (Lipinski definition) is 1. The van der Waals surface area contributed by atoms with Crippen LogP contribution in [-0.2, 0) is 0 Å². The fourth-order valence-electron chi connectivity index (χ4n) is 1.09. The van der Waals surface area contributed by atoms with E-state index in [1.165, 1.54) is 12.1 Å². The number of primary amides is 1. The van der Waals surface area contributed by atoms with Crippen LogP contribution in [0.25, 0.3) is 0 Å². The number of ether oxygens (including phenoxy) is 2. The van der Waals surface area contributed by atoms with Crippen LogP contribution in [0, 0.1) is 0 Å². The van der Waals surface area contributed by atoms with Crippen molar-refractivity contribution in [1.29, 1.82) is 0 Å². The molecule has 1 aromatic carbocycles. The van der Waals surface area contributed by atoms with Gasteiger partial charge in [0.2, 0.25) is 0 Å². The van der Waals surface area contributed by atoms with Gasteiger partial charge in [0.1, 0.15) is 0 Å². The Labute approximate surface area is 88.8 Å². The highest BCUT2D eigenvalue weighted by Gasteiger charge is 2.34. The minimum atomic E-state index is -4.92. The van der Waals surface area contributed by atoms with Crippen molar-refractivity contribution in [3.63, 3.8) is 0 Å². The second-order valence-electron chi connectivity index (χ2n) is 2.75. The molecule has 2 N–H and O–H groups in total. The van der Waals surface area contributed by atoms with Crippen molar-refractivity contribution in [2.75, 3.05) is 7.11 Å². The van der Waals surface area contributed by atoms with Gasteiger partial charge in [-0.1, -0.05) is 6.07 Å². The molecule has 0 radical (unpaired) electrons. The molecule has 0 heterocycles. The Balaban J connectivity index is 3.25. The monoisotopic (exact) mass is 235 g/mol. The third-order valence-electron chi connectivity index (χ3n) is 1.68. The van der Waals surface area contributed by atoms with E-state index >= 15 is 0 Å². The summed E-state index contributed by atoms with van der Waals surface area (Å²) in [6, 6.07) is 3.68. The van der Waals surface area contributed by atoms with E-state index in [4.69, 9.17) is 5.73 Å². The largest absolute Gasteiger partial charge is 0.573 e. The number of methoxy groups -OCH3 is 1. The molecule has 88 valence electrons. The van der Waals surface area contributed by atoms with Crippen LogP contribution >= 0.6 is 0 Å². The third kappa shape index (κ3) is 2.78. The second kappa shape index (κ2) is 4.30. The molecule has 0 unspecified atom stereocenters. The molecule has 1 aromatic rings. The molecular weight excluding hydrogens is 227 g/mol. The smallest absolute Gasteiger partial charge is 0.493 e. The second-order valence-corrected chi connectivity index (χ2v) is 2.75. The molecule has 0 aliphatic heterocycles. The average molecular weight is 235 g/mol. The predicted molar refractivity (Wildman–Crippen MR) is 48.2 cm³/mol. The van der Waals surface area contributed by atoms with Gasteiger partial charge in [0.25, 0.3) is 5.91 Å². The van der Waals surface area contributed by atoms with E-state index < -0.39 is 23.6 Å². The fraction of sp³-hybridized carbons (Fsp3) is 0.222. The topological polar surface area (TPSA) is 61.5 Å². The number of nitrogens with two attached hydrogens (primary N) is 1. The van der Waals surface area contributed by atoms with Gasteiger partial charge in [-0.05, 0) is 12.1 Å². The molecule has 0 aliphatic rings. The maximum absolute atomic E-state index is 12.1. The minimum absolute atomic E-state index is 0.214. The van der Waals surface area contributed by atoms with Crippen molar-refractivity contribution in [2.45, 2.75) is 6.36 Å². The highest BCUT2D eigenvalue weighted by Crippen LogP contribution is 2.35. The maximum Gasteiger partial charge on any atom is 0.573 e. The average Bonchev–Trinajstić information content (AvgIpc) is 2.15. The lowest BCUT2D eigenvalue weighted by Crippen LogP contribution is -2.21. The van der Waals surface area contributed by atoms with Crippen LogP contribution in [0.3, 0.4) is 0 Å². The van der Waals surface area contributed by atoms with Gasteiger partial charge in [-0.25, -0.2) is 0 Å². The Morgan fingerprint density at radius 2 is 2.00 bits per heavy atom. The number of hydrogen-bond acceptors (Lipinski definition) is 3. The number of alkyl halides is 3. The van der Waals surface area contributed by atoms with Gasteiger partial charge in [0.05, 0.1) is 12.7 Å². The van der Waals surface area contributed by atoms with Gasteiger partial charge in [0, 0.05) is 0 Å². The Morgan fingerprint density at radius 1 is 1.38 bits per heavy atom. The molecule has 16 heavy (non-hydrogen) atoms. The molecular formula is C9H8F3NO3. The highest BCUT2D eigenvalue weighted by atomic mass is 19.4. The third-order valence-corrected chi connectivity index (χ3v) is 1.68. The Morgan fingerprint density at radius 3 is 2.44 bits per heavy atom. The number of carbonyl (C=O) groups excluding carboxylic acids is 1. The summed E-state index contributed by atoms with van der Waals surface area (Å²) in [6.07, 6.45) is -4.92. The normalized spacial score (nSPS) is 11.0. The molecule has 0 saturated heterocycles. The van der Waals surface area contributed by atoms with Gasteiger partial charge < -0.3 is 15.2 Å². The Kier molecular flexibility index (Phi) is 3.26. The zero-order chi connectivity index (χ0) is 12.3. The summed E-state index contributed by atoms with van der Waals surface area (Å²) in [5, 5.41) is 0. The van der Waals surface area contributed by atoms with E-state index in [9.17, 15) is 18.0 Å². The fourth-order valence-corrected chi connectivity index (χ4v) is 1.09. The summed E-state index contributed by atoms with van der Waals surface area (Å²) in [6.45, 7) is 0. The first-order valence-corrected chi connectivity index (χ1v) is 4.07. The van der Waals surface area contributed by atoms with Crippen LogP contribution in [-0.4, -0.2) is 19.4 Å². The van der Waals surface area contributed by atoms with E-state index in [0.717, 1.165) is 13.2 Å². The quantitative estimate of drug-likeness (QED) is 0.867. The molecule has 0 aliphatic carbocycles. The van der Waals surface area contributed by atoms with Crippen LogP contribution < -0.4 is 15.2 Å². The van der Waals surface area contributed by atoms with E-state index in [1.807, 2.05) is 0 Å². The summed E-state index contributed by atoms with van der Waals surface area (Å²) < 4.78 is 44.6. The van der Waals surface area contributed by atoms with Gasteiger partial charge in [-0.2, -0.15) is 0 Å². The molecule has 0 aromatic heterocycles. The molecule has 0 fully saturated rings. The van der Waals surface area contributed by atoms with Crippen molar-refractivity contribution in [3.05, 3.63) is 23.8 Å². The number of rotatable bonds is 3. The predicted octanol–water partition coefficient (Wildman–Crippen LogP) is 1.69. The molecule has 7 heteroatoms. The molecule has 1 amide bonds. The summed E-state index contributed by atoms with van der Waals surface area (Å²) in [5.41, 5.74) is 4.52. The van der Waals surface area contributed by atoms with E-state index in [2.05, 4.69) is 9.47 Å². The first kappa shape index (κ1) is 12.2. The first-order valence-electron chi connectivity index (χ1n) is 4.07. The lowest BCUT2D eigenvalue weighted by Gasteiger charge is -2.14. The summed E-state index contributed by atoms with van der Waals surface area (Å²) in [4.78, 5) is 10.9. The van der Waals surface area contributed by atoms with Crippen molar-refractivity contribution in [1.82, 2.24) is 0 Å². The van der Waals surface area contributed by atoms with Gasteiger partial charge in [-0.15, -0.1) is 13.2 Å². The zero-order valence-corrected chi connectivity index (χ0v) is 8.17. The van der Waals surface area contributed by atoms with Gasteiger partial charge >= 0.3 is 6.36 Å². The molecule has 0 saturated carbocycles. The molecule has 1 rings (SSSR count). The standard InChI is InChI=1S/C9H8F3NO3/c1-15-6-4-2-3-5(8(13)14)7(6)16-9(10,11)12/h2-4H,1H3,(H2,13,14). The van der Waals surface area contributed by atoms with E-state index in [-0.39, 0.29) is 5.75 Å². The summed E-state index contributed by atoms with van der Waals surface area (Å²) in [7, 11) is 1.16. The number of benzene rings is 1. The number of halogens is 3. The summed E-state index contributed by atoms with van der Waals surface area (Å²) in [5.74, 6) is -1.98. The van der Waals surface area contributed by atoms with Gasteiger partial charge in [0.15, 0.2) is 11.5 Å². The van der Waals surface area contributed by atoms with Gasteiger partial charge in [-0.3, -0.25) is 4.79 Å². The minimum Gasteiger partial charge on any atom is -0.493 e. The number of amides is 1. The van der Waals surface area contributed by atoms with Crippen molar-refractivity contribution in [2.24, 2.45) is 5.73 Å². The molecule has 0 bridgehead atoms.